The van der Waals surface area contributed by atoms with Crippen LogP contribution in [0.2, 0.25) is 0 Å². The van der Waals surface area contributed by atoms with Crippen molar-refractivity contribution in [3.63, 3.8) is 0 Å². The van der Waals surface area contributed by atoms with Crippen molar-refractivity contribution in [2.75, 3.05) is 13.1 Å². The lowest BCUT2D eigenvalue weighted by Crippen LogP contribution is -2.17. The molecule has 0 aromatic rings. The Hall–Kier alpha value is -0.0800. The van der Waals surface area contributed by atoms with Gasteiger partial charge in [0.15, 0.2) is 0 Å². The van der Waals surface area contributed by atoms with Crippen molar-refractivity contribution < 1.29 is 4.74 Å². The first-order valence-electron chi connectivity index (χ1n) is 3.72. The predicted molar refractivity (Wildman–Crippen MR) is 35.3 cm³/mol. The van der Waals surface area contributed by atoms with Crippen LogP contribution in [0.25, 0.3) is 0 Å². The van der Waals surface area contributed by atoms with Gasteiger partial charge < -0.3 is 10.1 Å². The Balaban J connectivity index is 2.02. The summed E-state index contributed by atoms with van der Waals surface area (Å²) in [5, 5.41) is 3.32. The van der Waals surface area contributed by atoms with E-state index in [0.717, 1.165) is 12.5 Å². The summed E-state index contributed by atoms with van der Waals surface area (Å²) in [6, 6.07) is 0. The second-order valence-corrected chi connectivity index (χ2v) is 3.14. The Labute approximate surface area is 55.6 Å². The summed E-state index contributed by atoms with van der Waals surface area (Å²) >= 11 is 0. The van der Waals surface area contributed by atoms with Crippen LogP contribution in [-0.2, 0) is 4.74 Å². The second kappa shape index (κ2) is 1.96. The van der Waals surface area contributed by atoms with E-state index in [1.165, 1.54) is 13.0 Å². The predicted octanol–water partition coefficient (Wildman–Crippen LogP) is 0.383. The standard InChI is InChI=1S/C7H13NO/c1-5-2-6-3-8-4-7(6)9-5/h5-8H,2-4H2,1H3/t5-,6-,7+/m0/s1. The van der Waals surface area contributed by atoms with Crippen molar-refractivity contribution in [1.82, 2.24) is 5.32 Å². The summed E-state index contributed by atoms with van der Waals surface area (Å²) in [4.78, 5) is 0. The number of fused-ring (bicyclic) bond motifs is 1. The Bertz CT molecular complexity index is 103. The molecule has 0 bridgehead atoms. The molecule has 2 heteroatoms. The van der Waals surface area contributed by atoms with Gasteiger partial charge in [-0.15, -0.1) is 0 Å². The Morgan fingerprint density at radius 3 is 3.11 bits per heavy atom. The van der Waals surface area contributed by atoms with E-state index < -0.39 is 0 Å². The van der Waals surface area contributed by atoms with Crippen LogP contribution in [0.3, 0.4) is 0 Å². The van der Waals surface area contributed by atoms with E-state index in [1.807, 2.05) is 0 Å². The summed E-state index contributed by atoms with van der Waals surface area (Å²) < 4.78 is 5.62. The minimum atomic E-state index is 0.516. The SMILES string of the molecule is C[C@H]1C[C@H]2CNC[C@H]2O1. The fourth-order valence-corrected chi connectivity index (χ4v) is 1.88. The van der Waals surface area contributed by atoms with Crippen molar-refractivity contribution >= 4 is 0 Å². The maximum absolute atomic E-state index is 5.62. The number of rotatable bonds is 0. The molecule has 2 rings (SSSR count). The van der Waals surface area contributed by atoms with Crippen molar-refractivity contribution in [1.29, 1.82) is 0 Å². The molecule has 0 aliphatic carbocycles. The molecule has 0 saturated carbocycles. The lowest BCUT2D eigenvalue weighted by atomic mass is 10.0. The zero-order valence-corrected chi connectivity index (χ0v) is 5.76. The highest BCUT2D eigenvalue weighted by Gasteiger charge is 2.35. The Kier molecular flexibility index (Phi) is 1.24. The highest BCUT2D eigenvalue weighted by Crippen LogP contribution is 2.28. The third-order valence-electron chi connectivity index (χ3n) is 2.32. The van der Waals surface area contributed by atoms with Gasteiger partial charge in [0.1, 0.15) is 0 Å². The van der Waals surface area contributed by atoms with Crippen LogP contribution in [0, 0.1) is 5.92 Å². The van der Waals surface area contributed by atoms with Gasteiger partial charge in [-0.05, 0) is 13.3 Å². The minimum absolute atomic E-state index is 0.516. The first kappa shape index (κ1) is 5.69. The van der Waals surface area contributed by atoms with E-state index in [1.54, 1.807) is 0 Å². The van der Waals surface area contributed by atoms with Gasteiger partial charge in [0.05, 0.1) is 12.2 Å². The smallest absolute Gasteiger partial charge is 0.0744 e. The lowest BCUT2D eigenvalue weighted by molar-refractivity contribution is 0.0586. The number of hydrogen-bond donors (Lipinski definition) is 1. The fourth-order valence-electron chi connectivity index (χ4n) is 1.88. The van der Waals surface area contributed by atoms with E-state index in [0.29, 0.717) is 12.2 Å². The molecule has 0 spiro atoms. The van der Waals surface area contributed by atoms with Gasteiger partial charge >= 0.3 is 0 Å². The van der Waals surface area contributed by atoms with Crippen LogP contribution in [0.15, 0.2) is 0 Å². The molecule has 52 valence electrons. The first-order chi connectivity index (χ1) is 4.36. The van der Waals surface area contributed by atoms with Crippen LogP contribution in [0.5, 0.6) is 0 Å². The van der Waals surface area contributed by atoms with Crippen molar-refractivity contribution in [2.24, 2.45) is 5.92 Å². The molecule has 0 radical (unpaired) electrons. The zero-order chi connectivity index (χ0) is 6.27. The fraction of sp³-hybridized carbons (Fsp3) is 1.00. The molecular weight excluding hydrogens is 114 g/mol. The molecule has 9 heavy (non-hydrogen) atoms. The molecule has 0 unspecified atom stereocenters. The Morgan fingerprint density at radius 2 is 2.33 bits per heavy atom. The molecular formula is C7H13NO. The Morgan fingerprint density at radius 1 is 1.44 bits per heavy atom. The highest BCUT2D eigenvalue weighted by molar-refractivity contribution is 4.88. The molecule has 2 aliphatic rings. The number of hydrogen-bond acceptors (Lipinski definition) is 2. The normalized spacial score (nSPS) is 49.7. The quantitative estimate of drug-likeness (QED) is 0.508. The topological polar surface area (TPSA) is 21.3 Å². The molecule has 0 aromatic heterocycles. The molecule has 0 aromatic carbocycles. The summed E-state index contributed by atoms with van der Waals surface area (Å²) in [6.45, 7) is 4.42. The number of ether oxygens (including phenoxy) is 1. The summed E-state index contributed by atoms with van der Waals surface area (Å²) in [5.74, 6) is 0.819. The van der Waals surface area contributed by atoms with E-state index in [2.05, 4.69) is 12.2 Å². The van der Waals surface area contributed by atoms with Gasteiger partial charge in [0, 0.05) is 19.0 Å². The zero-order valence-electron chi connectivity index (χ0n) is 5.76. The van der Waals surface area contributed by atoms with Crippen LogP contribution < -0.4 is 5.32 Å². The monoisotopic (exact) mass is 127 g/mol. The van der Waals surface area contributed by atoms with E-state index in [-0.39, 0.29) is 0 Å². The molecule has 2 fully saturated rings. The second-order valence-electron chi connectivity index (χ2n) is 3.14. The molecule has 2 heterocycles. The van der Waals surface area contributed by atoms with Gasteiger partial charge in [-0.2, -0.15) is 0 Å². The molecule has 0 amide bonds. The van der Waals surface area contributed by atoms with Crippen molar-refractivity contribution in [2.45, 2.75) is 25.6 Å². The highest BCUT2D eigenvalue weighted by atomic mass is 16.5. The van der Waals surface area contributed by atoms with E-state index >= 15 is 0 Å². The first-order valence-corrected chi connectivity index (χ1v) is 3.72. The van der Waals surface area contributed by atoms with Crippen LogP contribution in [0.4, 0.5) is 0 Å². The third kappa shape index (κ3) is 0.864. The largest absolute Gasteiger partial charge is 0.374 e. The van der Waals surface area contributed by atoms with Crippen LogP contribution in [-0.4, -0.2) is 25.3 Å². The average molecular weight is 127 g/mol. The lowest BCUT2D eigenvalue weighted by Gasteiger charge is -2.05. The van der Waals surface area contributed by atoms with Gasteiger partial charge in [0.25, 0.3) is 0 Å². The molecule has 2 saturated heterocycles. The van der Waals surface area contributed by atoms with Crippen molar-refractivity contribution in [3.8, 4) is 0 Å². The molecule has 2 aliphatic heterocycles. The van der Waals surface area contributed by atoms with Crippen LogP contribution in [0.1, 0.15) is 13.3 Å². The maximum atomic E-state index is 5.62. The number of nitrogens with one attached hydrogen (secondary N) is 1. The maximum Gasteiger partial charge on any atom is 0.0744 e. The molecule has 1 N–H and O–H groups in total. The van der Waals surface area contributed by atoms with Gasteiger partial charge in [0.2, 0.25) is 0 Å². The molecule has 3 atom stereocenters. The molecule has 2 nitrogen and oxygen atoms in total. The third-order valence-corrected chi connectivity index (χ3v) is 2.32. The van der Waals surface area contributed by atoms with Gasteiger partial charge in [-0.3, -0.25) is 0 Å². The van der Waals surface area contributed by atoms with Crippen molar-refractivity contribution in [3.05, 3.63) is 0 Å². The summed E-state index contributed by atoms with van der Waals surface area (Å²) in [7, 11) is 0. The minimum Gasteiger partial charge on any atom is -0.374 e. The average Bonchev–Trinajstić information content (AvgIpc) is 2.22. The summed E-state index contributed by atoms with van der Waals surface area (Å²) in [5.41, 5.74) is 0. The van der Waals surface area contributed by atoms with Gasteiger partial charge in [-0.25, -0.2) is 0 Å². The van der Waals surface area contributed by atoms with E-state index in [9.17, 15) is 0 Å². The van der Waals surface area contributed by atoms with E-state index in [4.69, 9.17) is 4.74 Å². The van der Waals surface area contributed by atoms with Gasteiger partial charge in [-0.1, -0.05) is 0 Å². The van der Waals surface area contributed by atoms with Crippen LogP contribution >= 0.6 is 0 Å². The summed E-state index contributed by atoms with van der Waals surface area (Å²) in [6.07, 6.45) is 2.32.